The molecule has 1 aliphatic carbocycles. The summed E-state index contributed by atoms with van der Waals surface area (Å²) < 4.78 is 10.4. The van der Waals surface area contributed by atoms with E-state index < -0.39 is 6.04 Å². The van der Waals surface area contributed by atoms with Crippen LogP contribution >= 0.6 is 0 Å². The Morgan fingerprint density at radius 3 is 2.41 bits per heavy atom. The zero-order chi connectivity index (χ0) is 12.8. The van der Waals surface area contributed by atoms with Gasteiger partial charge in [0.25, 0.3) is 0 Å². The molecule has 3 unspecified atom stereocenters. The Labute approximate surface area is 104 Å². The molecule has 3 atom stereocenters. The molecular weight excluding hydrogens is 218 g/mol. The molecule has 4 nitrogen and oxygen atoms in total. The van der Waals surface area contributed by atoms with E-state index >= 15 is 0 Å². The lowest BCUT2D eigenvalue weighted by molar-refractivity contribution is -0.142. The molecule has 0 aromatic carbocycles. The highest BCUT2D eigenvalue weighted by atomic mass is 16.5. The maximum absolute atomic E-state index is 11.1. The number of ether oxygens (including phenoxy) is 2. The number of carbonyl (C=O) groups excluding carboxylic acids is 1. The molecule has 1 fully saturated rings. The smallest absolute Gasteiger partial charge is 0.322 e. The van der Waals surface area contributed by atoms with Gasteiger partial charge in [-0.3, -0.25) is 4.79 Å². The van der Waals surface area contributed by atoms with Crippen LogP contribution in [0.3, 0.4) is 0 Å². The topological polar surface area (TPSA) is 61.5 Å². The molecule has 0 aromatic heterocycles. The third kappa shape index (κ3) is 5.04. The van der Waals surface area contributed by atoms with Crippen molar-refractivity contribution in [1.29, 1.82) is 0 Å². The van der Waals surface area contributed by atoms with Crippen molar-refractivity contribution in [2.24, 2.45) is 17.6 Å². The highest BCUT2D eigenvalue weighted by molar-refractivity contribution is 5.75. The first-order valence-corrected chi connectivity index (χ1v) is 6.48. The van der Waals surface area contributed by atoms with Gasteiger partial charge in [0.2, 0.25) is 0 Å². The predicted octanol–water partition coefficient (Wildman–Crippen LogP) is 1.72. The fourth-order valence-corrected chi connectivity index (χ4v) is 2.64. The van der Waals surface area contributed by atoms with Crippen molar-refractivity contribution in [2.75, 3.05) is 13.7 Å². The largest absolute Gasteiger partial charge is 0.468 e. The van der Waals surface area contributed by atoms with Crippen molar-refractivity contribution in [3.05, 3.63) is 0 Å². The van der Waals surface area contributed by atoms with Crippen molar-refractivity contribution in [2.45, 2.75) is 51.7 Å². The first-order chi connectivity index (χ1) is 8.02. The molecule has 0 spiro atoms. The summed E-state index contributed by atoms with van der Waals surface area (Å²) in [5, 5.41) is 0. The monoisotopic (exact) mass is 243 g/mol. The molecule has 17 heavy (non-hydrogen) atoms. The number of esters is 1. The molecule has 0 bridgehead atoms. The molecule has 0 amide bonds. The Hall–Kier alpha value is -0.610. The van der Waals surface area contributed by atoms with Gasteiger partial charge < -0.3 is 15.2 Å². The van der Waals surface area contributed by atoms with Crippen LogP contribution in [0.25, 0.3) is 0 Å². The number of rotatable bonds is 5. The van der Waals surface area contributed by atoms with Gasteiger partial charge in [-0.25, -0.2) is 0 Å². The molecule has 1 aliphatic rings. The van der Waals surface area contributed by atoms with Gasteiger partial charge in [-0.05, 0) is 37.5 Å². The van der Waals surface area contributed by atoms with Crippen LogP contribution in [0.2, 0.25) is 0 Å². The summed E-state index contributed by atoms with van der Waals surface area (Å²) in [6.45, 7) is 5.08. The van der Waals surface area contributed by atoms with Crippen molar-refractivity contribution in [3.63, 3.8) is 0 Å². The van der Waals surface area contributed by atoms with E-state index in [-0.39, 0.29) is 5.97 Å². The van der Waals surface area contributed by atoms with Crippen molar-refractivity contribution < 1.29 is 14.3 Å². The lowest BCUT2D eigenvalue weighted by Gasteiger charge is -2.31. The van der Waals surface area contributed by atoms with E-state index in [4.69, 9.17) is 10.5 Å². The zero-order valence-electron chi connectivity index (χ0n) is 11.1. The van der Waals surface area contributed by atoms with E-state index in [1.54, 1.807) is 0 Å². The first-order valence-electron chi connectivity index (χ1n) is 6.48. The molecule has 1 saturated carbocycles. The highest BCUT2D eigenvalue weighted by Crippen LogP contribution is 2.30. The quantitative estimate of drug-likeness (QED) is 0.747. The summed E-state index contributed by atoms with van der Waals surface area (Å²) in [5.41, 5.74) is 5.64. The van der Waals surface area contributed by atoms with Gasteiger partial charge in [0.15, 0.2) is 0 Å². The molecule has 2 N–H and O–H groups in total. The van der Waals surface area contributed by atoms with Crippen LogP contribution in [-0.2, 0) is 14.3 Å². The molecule has 0 heterocycles. The molecule has 100 valence electrons. The zero-order valence-corrected chi connectivity index (χ0v) is 11.1. The van der Waals surface area contributed by atoms with Gasteiger partial charge in [0, 0.05) is 6.61 Å². The second-order valence-corrected chi connectivity index (χ2v) is 5.33. The Kier molecular flexibility index (Phi) is 5.92. The molecule has 0 saturated heterocycles. The summed E-state index contributed by atoms with van der Waals surface area (Å²) in [7, 11) is 1.35. The standard InChI is InChI=1S/C13H25NO3/c1-9-6-10(2)8-11(7-9)17-5-4-12(14)13(15)16-3/h9-12H,4-8,14H2,1-3H3. The van der Waals surface area contributed by atoms with Crippen LogP contribution in [0.1, 0.15) is 39.5 Å². The Morgan fingerprint density at radius 2 is 1.88 bits per heavy atom. The first kappa shape index (κ1) is 14.5. The Bertz CT molecular complexity index is 235. The number of methoxy groups -OCH3 is 1. The van der Waals surface area contributed by atoms with Gasteiger partial charge in [-0.15, -0.1) is 0 Å². The molecule has 4 heteroatoms. The molecule has 1 rings (SSSR count). The van der Waals surface area contributed by atoms with Gasteiger partial charge in [0.05, 0.1) is 13.2 Å². The van der Waals surface area contributed by atoms with E-state index in [0.717, 1.165) is 24.7 Å². The number of hydrogen-bond acceptors (Lipinski definition) is 4. The van der Waals surface area contributed by atoms with Gasteiger partial charge in [-0.1, -0.05) is 13.8 Å². The Balaban J connectivity index is 2.20. The normalized spacial score (nSPS) is 30.9. The van der Waals surface area contributed by atoms with Crippen molar-refractivity contribution >= 4 is 5.97 Å². The average molecular weight is 243 g/mol. The summed E-state index contributed by atoms with van der Waals surface area (Å²) in [5.74, 6) is 1.11. The fraction of sp³-hybridized carbons (Fsp3) is 0.923. The van der Waals surface area contributed by atoms with Crippen LogP contribution < -0.4 is 5.73 Å². The summed E-state index contributed by atoms with van der Waals surface area (Å²) in [6, 6.07) is -0.557. The van der Waals surface area contributed by atoms with Crippen LogP contribution in [0.4, 0.5) is 0 Å². The van der Waals surface area contributed by atoms with E-state index in [1.807, 2.05) is 0 Å². The maximum Gasteiger partial charge on any atom is 0.322 e. The minimum absolute atomic E-state index is 0.332. The Morgan fingerprint density at radius 1 is 1.29 bits per heavy atom. The summed E-state index contributed by atoms with van der Waals surface area (Å²) in [6.07, 6.45) is 4.40. The number of nitrogens with two attached hydrogens (primary N) is 1. The fourth-order valence-electron chi connectivity index (χ4n) is 2.64. The van der Waals surface area contributed by atoms with E-state index in [9.17, 15) is 4.79 Å². The third-order valence-electron chi connectivity index (χ3n) is 3.42. The van der Waals surface area contributed by atoms with Crippen LogP contribution in [0.15, 0.2) is 0 Å². The highest BCUT2D eigenvalue weighted by Gasteiger charge is 2.24. The second-order valence-electron chi connectivity index (χ2n) is 5.33. The van der Waals surface area contributed by atoms with Crippen molar-refractivity contribution in [1.82, 2.24) is 0 Å². The molecule has 0 aromatic rings. The molecule has 0 aliphatic heterocycles. The summed E-state index contributed by atoms with van der Waals surface area (Å²) in [4.78, 5) is 11.1. The number of carbonyl (C=O) groups is 1. The minimum atomic E-state index is -0.557. The van der Waals surface area contributed by atoms with E-state index in [1.165, 1.54) is 13.5 Å². The van der Waals surface area contributed by atoms with Crippen LogP contribution in [0, 0.1) is 11.8 Å². The van der Waals surface area contributed by atoms with E-state index in [2.05, 4.69) is 18.6 Å². The summed E-state index contributed by atoms with van der Waals surface area (Å²) >= 11 is 0. The second kappa shape index (κ2) is 6.97. The van der Waals surface area contributed by atoms with Crippen molar-refractivity contribution in [3.8, 4) is 0 Å². The van der Waals surface area contributed by atoms with E-state index in [0.29, 0.717) is 19.1 Å². The molecular formula is C13H25NO3. The minimum Gasteiger partial charge on any atom is -0.468 e. The van der Waals surface area contributed by atoms with Crippen LogP contribution in [-0.4, -0.2) is 31.8 Å². The van der Waals surface area contributed by atoms with Crippen LogP contribution in [0.5, 0.6) is 0 Å². The molecule has 0 radical (unpaired) electrons. The SMILES string of the molecule is COC(=O)C(N)CCOC1CC(C)CC(C)C1. The lowest BCUT2D eigenvalue weighted by atomic mass is 9.82. The number of hydrogen-bond donors (Lipinski definition) is 1. The average Bonchev–Trinajstić information content (AvgIpc) is 2.26. The van der Waals surface area contributed by atoms with Gasteiger partial charge >= 0.3 is 5.97 Å². The predicted molar refractivity (Wildman–Crippen MR) is 66.5 cm³/mol. The lowest BCUT2D eigenvalue weighted by Crippen LogP contribution is -2.34. The van der Waals surface area contributed by atoms with Gasteiger partial charge in [0.1, 0.15) is 6.04 Å². The van der Waals surface area contributed by atoms with Gasteiger partial charge in [-0.2, -0.15) is 0 Å². The maximum atomic E-state index is 11.1. The third-order valence-corrected chi connectivity index (χ3v) is 3.42.